The van der Waals surface area contributed by atoms with Crippen molar-refractivity contribution < 1.29 is 10.0 Å². The summed E-state index contributed by atoms with van der Waals surface area (Å²) in [6, 6.07) is 12.7. The highest BCUT2D eigenvalue weighted by Gasteiger charge is 2.05. The Morgan fingerprint density at radius 3 is 2.46 bits per heavy atom. The molecule has 0 saturated carbocycles. The summed E-state index contributed by atoms with van der Waals surface area (Å²) in [5.74, 6) is 0. The van der Waals surface area contributed by atoms with Gasteiger partial charge in [0.2, 0.25) is 5.52 Å². The molecule has 68 valence electrons. The predicted molar refractivity (Wildman–Crippen MR) is 51.8 cm³/mol. The summed E-state index contributed by atoms with van der Waals surface area (Å²) in [6.07, 6.45) is 0. The van der Waals surface area contributed by atoms with Crippen molar-refractivity contribution in [2.75, 3.05) is 0 Å². The van der Waals surface area contributed by atoms with Gasteiger partial charge < -0.3 is 5.48 Å². The molecule has 2 rings (SSSR count). The van der Waals surface area contributed by atoms with E-state index >= 15 is 0 Å². The van der Waals surface area contributed by atoms with Gasteiger partial charge in [0.05, 0.1) is 0 Å². The molecule has 0 spiro atoms. The van der Waals surface area contributed by atoms with E-state index in [-0.39, 0.29) is 5.48 Å². The standard InChI is InChI=1S/C11H12N.H2O/c1-9-7-8-10-5-3-4-6-11(10)12(9)2;/h3-8H,1-2H3;1H2/q+1;/p-1. The van der Waals surface area contributed by atoms with Crippen LogP contribution < -0.4 is 4.57 Å². The van der Waals surface area contributed by atoms with Crippen molar-refractivity contribution in [1.29, 1.82) is 0 Å². The average Bonchev–Trinajstić information content (AvgIpc) is 2.12. The van der Waals surface area contributed by atoms with Gasteiger partial charge in [-0.15, -0.1) is 0 Å². The van der Waals surface area contributed by atoms with Gasteiger partial charge in [0, 0.05) is 24.4 Å². The van der Waals surface area contributed by atoms with E-state index in [0.717, 1.165) is 0 Å². The average molecular weight is 175 g/mol. The van der Waals surface area contributed by atoms with Gasteiger partial charge in [0.1, 0.15) is 7.05 Å². The highest BCUT2D eigenvalue weighted by molar-refractivity contribution is 5.75. The van der Waals surface area contributed by atoms with Gasteiger partial charge in [0.25, 0.3) is 0 Å². The lowest BCUT2D eigenvalue weighted by molar-refractivity contribution is -0.651. The van der Waals surface area contributed by atoms with Crippen molar-refractivity contribution >= 4 is 10.9 Å². The first-order valence-corrected chi connectivity index (χ1v) is 4.13. The molecule has 0 fully saturated rings. The zero-order valence-electron chi connectivity index (χ0n) is 7.86. The number of hydrogen-bond donors (Lipinski definition) is 0. The topological polar surface area (TPSA) is 33.9 Å². The van der Waals surface area contributed by atoms with E-state index in [0.29, 0.717) is 0 Å². The molecule has 0 aliphatic carbocycles. The molecule has 0 amide bonds. The molecular formula is C11H13NO. The molecule has 1 aromatic carbocycles. The van der Waals surface area contributed by atoms with Gasteiger partial charge in [-0.25, -0.2) is 0 Å². The Morgan fingerprint density at radius 1 is 1.00 bits per heavy atom. The van der Waals surface area contributed by atoms with Crippen molar-refractivity contribution in [3.05, 3.63) is 42.1 Å². The summed E-state index contributed by atoms with van der Waals surface area (Å²) in [5, 5.41) is 1.30. The Hall–Kier alpha value is -1.41. The Balaban J connectivity index is 0.000000845. The van der Waals surface area contributed by atoms with Gasteiger partial charge in [0.15, 0.2) is 5.69 Å². The second-order valence-corrected chi connectivity index (χ2v) is 3.09. The maximum atomic E-state index is 2.20. The number of aromatic nitrogens is 1. The monoisotopic (exact) mass is 175 g/mol. The number of aryl methyl sites for hydroxylation is 2. The molecule has 0 radical (unpaired) electrons. The Kier molecular flexibility index (Phi) is 2.63. The van der Waals surface area contributed by atoms with Crippen molar-refractivity contribution in [2.24, 2.45) is 7.05 Å². The lowest BCUT2D eigenvalue weighted by Crippen LogP contribution is -2.32. The van der Waals surface area contributed by atoms with Crippen LogP contribution in [0.4, 0.5) is 0 Å². The van der Waals surface area contributed by atoms with Crippen LogP contribution in [-0.4, -0.2) is 5.48 Å². The molecule has 0 bridgehead atoms. The number of nitrogens with zero attached hydrogens (tertiary/aromatic N) is 1. The molecule has 0 atom stereocenters. The van der Waals surface area contributed by atoms with Gasteiger partial charge in [-0.1, -0.05) is 12.1 Å². The normalized spacial score (nSPS) is 9.69. The van der Waals surface area contributed by atoms with Crippen LogP contribution in [0, 0.1) is 6.92 Å². The highest BCUT2D eigenvalue weighted by Crippen LogP contribution is 2.08. The fourth-order valence-corrected chi connectivity index (χ4v) is 1.45. The van der Waals surface area contributed by atoms with Crippen LogP contribution in [0.15, 0.2) is 36.4 Å². The first kappa shape index (κ1) is 9.68. The fourth-order valence-electron chi connectivity index (χ4n) is 1.45. The SMILES string of the molecule is Cc1ccc2ccccc2[n+]1C.[OH-]. The van der Waals surface area contributed by atoms with Gasteiger partial charge in [-0.05, 0) is 12.1 Å². The summed E-state index contributed by atoms with van der Waals surface area (Å²) < 4.78 is 2.20. The number of fused-ring (bicyclic) bond motifs is 1. The van der Waals surface area contributed by atoms with Crippen LogP contribution >= 0.6 is 0 Å². The van der Waals surface area contributed by atoms with E-state index in [1.54, 1.807) is 0 Å². The van der Waals surface area contributed by atoms with Crippen molar-refractivity contribution in [1.82, 2.24) is 0 Å². The second-order valence-electron chi connectivity index (χ2n) is 3.09. The van der Waals surface area contributed by atoms with Crippen LogP contribution in [-0.2, 0) is 7.05 Å². The van der Waals surface area contributed by atoms with Crippen LogP contribution in [0.5, 0.6) is 0 Å². The molecule has 2 nitrogen and oxygen atoms in total. The van der Waals surface area contributed by atoms with Gasteiger partial charge in [-0.2, -0.15) is 4.57 Å². The Labute approximate surface area is 77.8 Å². The summed E-state index contributed by atoms with van der Waals surface area (Å²) in [6.45, 7) is 2.12. The molecule has 13 heavy (non-hydrogen) atoms. The number of pyridine rings is 1. The fraction of sp³-hybridized carbons (Fsp3) is 0.182. The minimum absolute atomic E-state index is 0. The molecule has 2 heteroatoms. The third-order valence-electron chi connectivity index (χ3n) is 2.33. The van der Waals surface area contributed by atoms with Gasteiger partial charge in [-0.3, -0.25) is 0 Å². The van der Waals surface area contributed by atoms with E-state index in [4.69, 9.17) is 0 Å². The number of rotatable bonds is 0. The number of benzene rings is 1. The van der Waals surface area contributed by atoms with Crippen LogP contribution in [0.2, 0.25) is 0 Å². The Morgan fingerprint density at radius 2 is 1.69 bits per heavy atom. The highest BCUT2D eigenvalue weighted by atomic mass is 16.0. The number of hydrogen-bond acceptors (Lipinski definition) is 1. The number of para-hydroxylation sites is 1. The van der Waals surface area contributed by atoms with Crippen LogP contribution in [0.3, 0.4) is 0 Å². The van der Waals surface area contributed by atoms with Crippen molar-refractivity contribution in [3.63, 3.8) is 0 Å². The summed E-state index contributed by atoms with van der Waals surface area (Å²) >= 11 is 0. The molecule has 0 aliphatic heterocycles. The van der Waals surface area contributed by atoms with E-state index in [2.05, 4.69) is 54.9 Å². The zero-order chi connectivity index (χ0) is 8.55. The summed E-state index contributed by atoms with van der Waals surface area (Å²) in [4.78, 5) is 0. The second kappa shape index (κ2) is 3.54. The summed E-state index contributed by atoms with van der Waals surface area (Å²) in [5.41, 5.74) is 2.58. The third kappa shape index (κ3) is 1.53. The molecule has 1 aromatic heterocycles. The molecule has 1 heterocycles. The van der Waals surface area contributed by atoms with Crippen LogP contribution in [0.1, 0.15) is 5.69 Å². The molecular weight excluding hydrogens is 162 g/mol. The quantitative estimate of drug-likeness (QED) is 0.562. The van der Waals surface area contributed by atoms with Crippen molar-refractivity contribution in [3.8, 4) is 0 Å². The van der Waals surface area contributed by atoms with E-state index in [9.17, 15) is 0 Å². The molecule has 0 unspecified atom stereocenters. The summed E-state index contributed by atoms with van der Waals surface area (Å²) in [7, 11) is 2.09. The minimum Gasteiger partial charge on any atom is -0.870 e. The Bertz CT molecular complexity index is 423. The predicted octanol–water partition coefficient (Wildman–Crippen LogP) is 1.80. The first-order valence-electron chi connectivity index (χ1n) is 4.13. The molecule has 0 saturated heterocycles. The molecule has 2 aromatic rings. The lowest BCUT2D eigenvalue weighted by atomic mass is 10.2. The minimum atomic E-state index is 0. The third-order valence-corrected chi connectivity index (χ3v) is 2.33. The maximum absolute atomic E-state index is 2.20. The first-order chi connectivity index (χ1) is 5.79. The largest absolute Gasteiger partial charge is 0.870 e. The maximum Gasteiger partial charge on any atom is 0.212 e. The zero-order valence-corrected chi connectivity index (χ0v) is 7.86. The lowest BCUT2D eigenvalue weighted by Gasteiger charge is -1.97. The van der Waals surface area contributed by atoms with E-state index < -0.39 is 0 Å². The van der Waals surface area contributed by atoms with E-state index in [1.807, 2.05) is 0 Å². The molecule has 0 aliphatic rings. The van der Waals surface area contributed by atoms with E-state index in [1.165, 1.54) is 16.6 Å². The molecule has 1 N–H and O–H groups in total. The van der Waals surface area contributed by atoms with Crippen molar-refractivity contribution in [2.45, 2.75) is 6.92 Å². The smallest absolute Gasteiger partial charge is 0.212 e. The van der Waals surface area contributed by atoms with Crippen LogP contribution in [0.25, 0.3) is 10.9 Å². The van der Waals surface area contributed by atoms with Gasteiger partial charge >= 0.3 is 0 Å².